The van der Waals surface area contributed by atoms with Gasteiger partial charge in [0.25, 0.3) is 0 Å². The van der Waals surface area contributed by atoms with E-state index in [1.54, 1.807) is 0 Å². The highest BCUT2D eigenvalue weighted by atomic mass is 32.2. The molecule has 6 heteroatoms. The first kappa shape index (κ1) is 14.6. The van der Waals surface area contributed by atoms with E-state index in [0.29, 0.717) is 13.0 Å². The quantitative estimate of drug-likeness (QED) is 0.848. The Balaban J connectivity index is 2.10. The van der Waals surface area contributed by atoms with E-state index in [-0.39, 0.29) is 4.90 Å². The van der Waals surface area contributed by atoms with Crippen LogP contribution in [0.5, 0.6) is 0 Å². The van der Waals surface area contributed by atoms with Crippen LogP contribution in [0.15, 0.2) is 53.7 Å². The summed E-state index contributed by atoms with van der Waals surface area (Å²) in [4.78, 5) is 3.44. The van der Waals surface area contributed by atoms with Gasteiger partial charge in [-0.2, -0.15) is 0 Å². The van der Waals surface area contributed by atoms with Gasteiger partial charge in [0.15, 0.2) is 0 Å². The largest absolute Gasteiger partial charge is 0.260 e. The molecule has 0 aliphatic rings. The van der Waals surface area contributed by atoms with Crippen LogP contribution in [-0.4, -0.2) is 31.3 Å². The molecule has 0 saturated carbocycles. The van der Waals surface area contributed by atoms with Crippen molar-refractivity contribution in [2.24, 2.45) is 0 Å². The predicted octanol–water partition coefficient (Wildman–Crippen LogP) is 2.08. The third-order valence-corrected chi connectivity index (χ3v) is 4.77. The Bertz CT molecular complexity index is 675. The molecule has 20 heavy (non-hydrogen) atoms. The minimum absolute atomic E-state index is 0.131. The number of pyridine rings is 1. The molecule has 0 fully saturated rings. The maximum absolute atomic E-state index is 13.1. The molecular formula is C14H15FN2O2S. The number of halogens is 1. The second-order valence-corrected chi connectivity index (χ2v) is 6.45. The van der Waals surface area contributed by atoms with Gasteiger partial charge in [-0.3, -0.25) is 4.98 Å². The van der Waals surface area contributed by atoms with E-state index >= 15 is 0 Å². The molecule has 4 nitrogen and oxygen atoms in total. The fourth-order valence-corrected chi connectivity index (χ4v) is 2.91. The van der Waals surface area contributed by atoms with E-state index in [9.17, 15) is 12.8 Å². The number of hydrogen-bond acceptors (Lipinski definition) is 3. The normalized spacial score (nSPS) is 11.8. The molecule has 0 spiro atoms. The third-order valence-electron chi connectivity index (χ3n) is 2.95. The molecule has 0 amide bonds. The Hall–Kier alpha value is -1.79. The SMILES string of the molecule is CN(CCc1ccccc1)S(=O)(=O)c1cncc(F)c1. The van der Waals surface area contributed by atoms with Crippen LogP contribution in [0.3, 0.4) is 0 Å². The summed E-state index contributed by atoms with van der Waals surface area (Å²) in [5, 5.41) is 0. The summed E-state index contributed by atoms with van der Waals surface area (Å²) in [7, 11) is -2.23. The molecule has 0 aliphatic carbocycles. The summed E-state index contributed by atoms with van der Waals surface area (Å²) < 4.78 is 38.7. The van der Waals surface area contributed by atoms with E-state index < -0.39 is 15.8 Å². The number of hydrogen-bond donors (Lipinski definition) is 0. The molecule has 2 aromatic rings. The summed E-state index contributed by atoms with van der Waals surface area (Å²) in [6, 6.07) is 10.6. The highest BCUT2D eigenvalue weighted by Crippen LogP contribution is 2.14. The number of nitrogens with zero attached hydrogens (tertiary/aromatic N) is 2. The predicted molar refractivity (Wildman–Crippen MR) is 74.2 cm³/mol. The average molecular weight is 294 g/mol. The Morgan fingerprint density at radius 1 is 1.20 bits per heavy atom. The summed E-state index contributed by atoms with van der Waals surface area (Å²) >= 11 is 0. The Morgan fingerprint density at radius 3 is 2.55 bits per heavy atom. The lowest BCUT2D eigenvalue weighted by Crippen LogP contribution is -2.29. The molecule has 2 rings (SSSR count). The van der Waals surface area contributed by atoms with Gasteiger partial charge in [-0.25, -0.2) is 17.1 Å². The highest BCUT2D eigenvalue weighted by Gasteiger charge is 2.21. The highest BCUT2D eigenvalue weighted by molar-refractivity contribution is 7.89. The average Bonchev–Trinajstić information content (AvgIpc) is 2.45. The van der Waals surface area contributed by atoms with Crippen LogP contribution in [0.1, 0.15) is 5.56 Å². The number of rotatable bonds is 5. The lowest BCUT2D eigenvalue weighted by molar-refractivity contribution is 0.471. The van der Waals surface area contributed by atoms with Crippen LogP contribution in [-0.2, 0) is 16.4 Å². The first-order chi connectivity index (χ1) is 9.50. The molecule has 0 saturated heterocycles. The zero-order valence-corrected chi connectivity index (χ0v) is 11.8. The van der Waals surface area contributed by atoms with E-state index in [0.717, 1.165) is 24.0 Å². The van der Waals surface area contributed by atoms with E-state index in [1.807, 2.05) is 30.3 Å². The fraction of sp³-hybridized carbons (Fsp3) is 0.214. The van der Waals surface area contributed by atoms with Gasteiger partial charge < -0.3 is 0 Å². The van der Waals surface area contributed by atoms with Crippen LogP contribution < -0.4 is 0 Å². The maximum Gasteiger partial charge on any atom is 0.244 e. The van der Waals surface area contributed by atoms with Gasteiger partial charge in [0.2, 0.25) is 10.0 Å². The first-order valence-electron chi connectivity index (χ1n) is 6.11. The van der Waals surface area contributed by atoms with Crippen LogP contribution in [0.2, 0.25) is 0 Å². The lowest BCUT2D eigenvalue weighted by atomic mass is 10.2. The van der Waals surface area contributed by atoms with Gasteiger partial charge in [-0.1, -0.05) is 30.3 Å². The van der Waals surface area contributed by atoms with Crippen LogP contribution in [0, 0.1) is 5.82 Å². The Labute approximate surface area is 117 Å². The monoisotopic (exact) mass is 294 g/mol. The Kier molecular flexibility index (Phi) is 4.46. The van der Waals surface area contributed by atoms with Crippen molar-refractivity contribution in [1.29, 1.82) is 0 Å². The van der Waals surface area contributed by atoms with Gasteiger partial charge in [-0.15, -0.1) is 0 Å². The molecule has 1 aromatic carbocycles. The van der Waals surface area contributed by atoms with Crippen LogP contribution in [0.25, 0.3) is 0 Å². The number of aromatic nitrogens is 1. The van der Waals surface area contributed by atoms with Crippen LogP contribution in [0.4, 0.5) is 4.39 Å². The van der Waals surface area contributed by atoms with Crippen molar-refractivity contribution in [3.63, 3.8) is 0 Å². The van der Waals surface area contributed by atoms with Crippen molar-refractivity contribution in [1.82, 2.24) is 9.29 Å². The molecule has 0 bridgehead atoms. The summed E-state index contributed by atoms with van der Waals surface area (Å²) in [5.74, 6) is -0.664. The van der Waals surface area contributed by atoms with Crippen molar-refractivity contribution in [2.75, 3.05) is 13.6 Å². The van der Waals surface area contributed by atoms with Gasteiger partial charge in [0, 0.05) is 19.8 Å². The maximum atomic E-state index is 13.1. The van der Waals surface area contributed by atoms with Crippen molar-refractivity contribution in [3.05, 3.63) is 60.2 Å². The first-order valence-corrected chi connectivity index (χ1v) is 7.55. The lowest BCUT2D eigenvalue weighted by Gasteiger charge is -2.16. The van der Waals surface area contributed by atoms with E-state index in [1.165, 1.54) is 11.4 Å². The third kappa shape index (κ3) is 3.40. The van der Waals surface area contributed by atoms with Crippen LogP contribution >= 0.6 is 0 Å². The number of benzene rings is 1. The molecule has 1 heterocycles. The molecule has 1 aromatic heterocycles. The minimum Gasteiger partial charge on any atom is -0.260 e. The molecule has 0 atom stereocenters. The van der Waals surface area contributed by atoms with Gasteiger partial charge in [-0.05, 0) is 18.1 Å². The zero-order valence-electron chi connectivity index (χ0n) is 11.0. The molecule has 0 radical (unpaired) electrons. The standard InChI is InChI=1S/C14H15FN2O2S/c1-17(8-7-12-5-3-2-4-6-12)20(18,19)14-9-13(15)10-16-11-14/h2-6,9-11H,7-8H2,1H3. The smallest absolute Gasteiger partial charge is 0.244 e. The van der Waals surface area contributed by atoms with Gasteiger partial charge in [0.05, 0.1) is 6.20 Å². The summed E-state index contributed by atoms with van der Waals surface area (Å²) in [6.45, 7) is 0.322. The van der Waals surface area contributed by atoms with E-state index in [2.05, 4.69) is 4.98 Å². The second-order valence-electron chi connectivity index (χ2n) is 4.40. The second kappa shape index (κ2) is 6.11. The number of sulfonamides is 1. The molecule has 0 N–H and O–H groups in total. The van der Waals surface area contributed by atoms with Gasteiger partial charge in [0.1, 0.15) is 10.7 Å². The summed E-state index contributed by atoms with van der Waals surface area (Å²) in [5.41, 5.74) is 1.05. The van der Waals surface area contributed by atoms with Gasteiger partial charge >= 0.3 is 0 Å². The topological polar surface area (TPSA) is 50.3 Å². The molecular weight excluding hydrogens is 279 g/mol. The van der Waals surface area contributed by atoms with Crippen molar-refractivity contribution in [3.8, 4) is 0 Å². The van der Waals surface area contributed by atoms with Crippen molar-refractivity contribution < 1.29 is 12.8 Å². The summed E-state index contributed by atoms with van der Waals surface area (Å²) in [6.07, 6.45) is 2.72. The zero-order chi connectivity index (χ0) is 14.6. The van der Waals surface area contributed by atoms with E-state index in [4.69, 9.17) is 0 Å². The molecule has 0 unspecified atom stereocenters. The Morgan fingerprint density at radius 2 is 1.90 bits per heavy atom. The molecule has 106 valence electrons. The van der Waals surface area contributed by atoms with Crippen molar-refractivity contribution in [2.45, 2.75) is 11.3 Å². The minimum atomic E-state index is -3.70. The molecule has 0 aliphatic heterocycles. The fourth-order valence-electron chi connectivity index (χ4n) is 1.76. The number of likely N-dealkylation sites (N-methyl/N-ethyl adjacent to an activating group) is 1. The van der Waals surface area contributed by atoms with Crippen molar-refractivity contribution >= 4 is 10.0 Å².